The van der Waals surface area contributed by atoms with Crippen LogP contribution in [0, 0.1) is 0 Å². The first-order chi connectivity index (χ1) is 18.1. The smallest absolute Gasteiger partial charge is 0.226 e. The number of nitrogens with one attached hydrogen (secondary N) is 1. The van der Waals surface area contributed by atoms with Crippen molar-refractivity contribution in [1.82, 2.24) is 29.5 Å². The van der Waals surface area contributed by atoms with Crippen LogP contribution in [0.3, 0.4) is 0 Å². The second-order valence-electron chi connectivity index (χ2n) is 9.34. The van der Waals surface area contributed by atoms with Crippen LogP contribution in [0.25, 0.3) is 22.1 Å². The van der Waals surface area contributed by atoms with Gasteiger partial charge in [-0.25, -0.2) is 24.9 Å². The third kappa shape index (κ3) is 4.08. The Hall–Kier alpha value is -4.02. The molecule has 6 heterocycles. The van der Waals surface area contributed by atoms with E-state index < -0.39 is 0 Å². The number of imidazole rings is 1. The number of piperidine rings is 1. The summed E-state index contributed by atoms with van der Waals surface area (Å²) in [5.74, 6) is 2.46. The zero-order valence-electron chi connectivity index (χ0n) is 20.0. The highest BCUT2D eigenvalue weighted by molar-refractivity contribution is 6.32. The van der Waals surface area contributed by atoms with Crippen molar-refractivity contribution in [1.29, 1.82) is 0 Å². The molecule has 0 saturated carbocycles. The first-order valence-electron chi connectivity index (χ1n) is 12.1. The Kier molecular flexibility index (Phi) is 5.29. The molecular formula is C26H23ClN8O2. The minimum atomic E-state index is 0.239. The highest BCUT2D eigenvalue weighted by Crippen LogP contribution is 2.35. The second-order valence-corrected chi connectivity index (χ2v) is 9.75. The van der Waals surface area contributed by atoms with Gasteiger partial charge in [-0.15, -0.1) is 0 Å². The number of halogens is 1. The Morgan fingerprint density at radius 3 is 2.81 bits per heavy atom. The number of hydrogen-bond donors (Lipinski definition) is 1. The fraction of sp³-hybridized carbons (Fsp3) is 0.269. The van der Waals surface area contributed by atoms with Crippen molar-refractivity contribution in [3.05, 3.63) is 60.3 Å². The van der Waals surface area contributed by atoms with Gasteiger partial charge in [0.1, 0.15) is 28.9 Å². The van der Waals surface area contributed by atoms with Crippen molar-refractivity contribution in [2.75, 3.05) is 23.4 Å². The molecule has 2 atom stereocenters. The molecule has 37 heavy (non-hydrogen) atoms. The van der Waals surface area contributed by atoms with Crippen molar-refractivity contribution in [3.63, 3.8) is 0 Å². The van der Waals surface area contributed by atoms with Gasteiger partial charge in [-0.2, -0.15) is 0 Å². The zero-order chi connectivity index (χ0) is 24.9. The van der Waals surface area contributed by atoms with Crippen LogP contribution in [0.2, 0.25) is 5.02 Å². The molecular weight excluding hydrogens is 492 g/mol. The average molecular weight is 515 g/mol. The van der Waals surface area contributed by atoms with Gasteiger partial charge in [-0.05, 0) is 43.2 Å². The predicted octanol–water partition coefficient (Wildman–Crippen LogP) is 4.86. The monoisotopic (exact) mass is 514 g/mol. The molecule has 5 aromatic rings. The topological polar surface area (TPSA) is 103 Å². The minimum Gasteiger partial charge on any atom is -0.456 e. The molecule has 3 fully saturated rings. The van der Waals surface area contributed by atoms with Gasteiger partial charge in [0, 0.05) is 25.3 Å². The number of fused-ring (bicyclic) bond motifs is 5. The Labute approximate surface area is 217 Å². The number of benzene rings is 2. The largest absolute Gasteiger partial charge is 0.456 e. The molecule has 3 saturated heterocycles. The van der Waals surface area contributed by atoms with Gasteiger partial charge in [0.25, 0.3) is 0 Å². The van der Waals surface area contributed by atoms with E-state index in [0.717, 1.165) is 36.1 Å². The van der Waals surface area contributed by atoms with Crippen molar-refractivity contribution in [3.8, 4) is 11.5 Å². The van der Waals surface area contributed by atoms with Gasteiger partial charge in [-0.3, -0.25) is 0 Å². The van der Waals surface area contributed by atoms with Gasteiger partial charge in [0.05, 0.1) is 47.3 Å². The average Bonchev–Trinajstić information content (AvgIpc) is 3.30. The minimum absolute atomic E-state index is 0.239. The van der Waals surface area contributed by atoms with Gasteiger partial charge in [0.2, 0.25) is 5.95 Å². The predicted molar refractivity (Wildman–Crippen MR) is 141 cm³/mol. The SMILES string of the molecule is Cn1cnc2cc(Oc3ccc(Nc4ncnc5cnc(N6C[C@@H]7CC[C@H]6CO7)nc45)cc3Cl)ccc21. The fourth-order valence-corrected chi connectivity index (χ4v) is 5.19. The van der Waals surface area contributed by atoms with Crippen LogP contribution in [0.5, 0.6) is 11.5 Å². The Balaban J connectivity index is 1.14. The summed E-state index contributed by atoms with van der Waals surface area (Å²) in [6.07, 6.45) is 7.43. The quantitative estimate of drug-likeness (QED) is 0.352. The highest BCUT2D eigenvalue weighted by atomic mass is 35.5. The van der Waals surface area contributed by atoms with E-state index in [4.69, 9.17) is 26.1 Å². The maximum absolute atomic E-state index is 6.59. The molecule has 0 unspecified atom stereocenters. The Morgan fingerprint density at radius 2 is 2.00 bits per heavy atom. The number of aromatic nitrogens is 6. The van der Waals surface area contributed by atoms with Crippen LogP contribution in [-0.4, -0.2) is 54.8 Å². The van der Waals surface area contributed by atoms with Crippen molar-refractivity contribution >= 4 is 51.1 Å². The maximum Gasteiger partial charge on any atom is 0.226 e. The summed E-state index contributed by atoms with van der Waals surface area (Å²) < 4.78 is 13.8. The lowest BCUT2D eigenvalue weighted by atomic mass is 9.97. The summed E-state index contributed by atoms with van der Waals surface area (Å²) in [5.41, 5.74) is 3.95. The summed E-state index contributed by atoms with van der Waals surface area (Å²) in [6.45, 7) is 1.52. The summed E-state index contributed by atoms with van der Waals surface area (Å²) >= 11 is 6.59. The van der Waals surface area contributed by atoms with Crippen LogP contribution < -0.4 is 15.0 Å². The van der Waals surface area contributed by atoms with E-state index in [9.17, 15) is 0 Å². The van der Waals surface area contributed by atoms with Crippen LogP contribution in [0.1, 0.15) is 12.8 Å². The third-order valence-electron chi connectivity index (χ3n) is 6.93. The van der Waals surface area contributed by atoms with Gasteiger partial charge >= 0.3 is 0 Å². The number of aryl methyl sites for hydroxylation is 1. The van der Waals surface area contributed by atoms with E-state index in [1.807, 2.05) is 41.9 Å². The van der Waals surface area contributed by atoms with Gasteiger partial charge in [-0.1, -0.05) is 11.6 Å². The standard InChI is InChI=1S/C26H23ClN8O2/c1-34-14-31-20-9-17(5-6-22(20)34)37-23-7-2-15(8-19(23)27)32-25-24-21(29-13-30-25)10-28-26(33-24)35-11-18-4-3-16(35)12-36-18/h2,5-10,13-14,16,18H,3-4,11-12H2,1H3,(H,29,30,32)/t16-,18-/m0/s1. The molecule has 3 aromatic heterocycles. The summed E-state index contributed by atoms with van der Waals surface area (Å²) in [7, 11) is 1.96. The lowest BCUT2D eigenvalue weighted by Crippen LogP contribution is -2.55. The Morgan fingerprint density at radius 1 is 1.05 bits per heavy atom. The number of hydrogen-bond acceptors (Lipinski definition) is 9. The normalized spacial score (nSPS) is 19.0. The van der Waals surface area contributed by atoms with Crippen LogP contribution in [0.4, 0.5) is 17.5 Å². The number of rotatable bonds is 5. The van der Waals surface area contributed by atoms with Gasteiger partial charge in [0.15, 0.2) is 5.82 Å². The van der Waals surface area contributed by atoms with Crippen LogP contribution in [0.15, 0.2) is 55.2 Å². The number of ether oxygens (including phenoxy) is 2. The first-order valence-corrected chi connectivity index (χ1v) is 12.5. The summed E-state index contributed by atoms with van der Waals surface area (Å²) in [5, 5.41) is 3.79. The van der Waals surface area contributed by atoms with Crippen LogP contribution in [-0.2, 0) is 11.8 Å². The molecule has 0 amide bonds. The maximum atomic E-state index is 6.59. The van der Waals surface area contributed by atoms with E-state index in [2.05, 4.69) is 30.2 Å². The molecule has 8 rings (SSSR count). The molecule has 2 aromatic carbocycles. The molecule has 3 aliphatic heterocycles. The molecule has 3 aliphatic rings. The summed E-state index contributed by atoms with van der Waals surface area (Å²) in [6, 6.07) is 11.6. The molecule has 11 heteroatoms. The van der Waals surface area contributed by atoms with E-state index >= 15 is 0 Å². The molecule has 186 valence electrons. The number of nitrogens with zero attached hydrogens (tertiary/aromatic N) is 7. The fourth-order valence-electron chi connectivity index (χ4n) is 4.97. The third-order valence-corrected chi connectivity index (χ3v) is 7.22. The molecule has 1 N–H and O–H groups in total. The highest BCUT2D eigenvalue weighted by Gasteiger charge is 2.36. The first kappa shape index (κ1) is 22.2. The molecule has 10 nitrogen and oxygen atoms in total. The lowest BCUT2D eigenvalue weighted by Gasteiger charge is -2.45. The number of morpholine rings is 1. The van der Waals surface area contributed by atoms with Crippen LogP contribution >= 0.6 is 11.6 Å². The van der Waals surface area contributed by atoms with E-state index in [1.54, 1.807) is 18.6 Å². The van der Waals surface area contributed by atoms with Crippen molar-refractivity contribution in [2.24, 2.45) is 7.05 Å². The Bertz CT molecular complexity index is 1630. The molecule has 0 radical (unpaired) electrons. The van der Waals surface area contributed by atoms with Crippen molar-refractivity contribution < 1.29 is 9.47 Å². The second kappa shape index (κ2) is 8.82. The van der Waals surface area contributed by atoms with E-state index in [0.29, 0.717) is 52.0 Å². The molecule has 0 aliphatic carbocycles. The number of anilines is 3. The van der Waals surface area contributed by atoms with E-state index in [-0.39, 0.29) is 6.10 Å². The lowest BCUT2D eigenvalue weighted by molar-refractivity contribution is -0.0231. The van der Waals surface area contributed by atoms with E-state index in [1.165, 1.54) is 6.33 Å². The van der Waals surface area contributed by atoms with Gasteiger partial charge < -0.3 is 24.3 Å². The molecule has 0 spiro atoms. The molecule has 2 bridgehead atoms. The van der Waals surface area contributed by atoms with Crippen molar-refractivity contribution in [2.45, 2.75) is 25.0 Å². The summed E-state index contributed by atoms with van der Waals surface area (Å²) in [4.78, 5) is 24.8. The zero-order valence-corrected chi connectivity index (χ0v) is 20.8.